The van der Waals surface area contributed by atoms with Gasteiger partial charge in [-0.05, 0) is 56.6 Å². The van der Waals surface area contributed by atoms with Crippen molar-refractivity contribution in [1.29, 1.82) is 0 Å². The van der Waals surface area contributed by atoms with E-state index in [4.69, 9.17) is 23.8 Å². The molecule has 0 bridgehead atoms. The molecule has 2 aromatic rings. The molecule has 9 heteroatoms. The Kier molecular flexibility index (Phi) is 10.8. The molecule has 2 aliphatic heterocycles. The van der Waals surface area contributed by atoms with Crippen molar-refractivity contribution in [3.8, 4) is 0 Å². The lowest BCUT2D eigenvalue weighted by Gasteiger charge is -2.30. The van der Waals surface area contributed by atoms with Crippen molar-refractivity contribution < 1.29 is 4.79 Å². The number of benzene rings is 2. The molecule has 0 radical (unpaired) electrons. The van der Waals surface area contributed by atoms with Gasteiger partial charge < -0.3 is 30.7 Å². The summed E-state index contributed by atoms with van der Waals surface area (Å²) < 4.78 is 0. The van der Waals surface area contributed by atoms with Crippen LogP contribution in [0.5, 0.6) is 0 Å². The van der Waals surface area contributed by atoms with Gasteiger partial charge in [-0.15, -0.1) is 0 Å². The zero-order chi connectivity index (χ0) is 26.9. The molecular weight excluding hydrogens is 516 g/mol. The normalized spacial score (nSPS) is 16.5. The Bertz CT molecular complexity index is 1090. The summed E-state index contributed by atoms with van der Waals surface area (Å²) in [5.41, 5.74) is 3.59. The number of nitrogens with zero attached hydrogens (tertiary/aromatic N) is 3. The molecule has 0 unspecified atom stereocenters. The molecule has 0 saturated carbocycles. The third-order valence-corrected chi connectivity index (χ3v) is 8.21. The van der Waals surface area contributed by atoms with Gasteiger partial charge >= 0.3 is 0 Å². The van der Waals surface area contributed by atoms with E-state index in [-0.39, 0.29) is 11.9 Å². The molecule has 0 spiro atoms. The number of hydrogen-bond donors (Lipinski definition) is 3. The number of anilines is 2. The highest BCUT2D eigenvalue weighted by Gasteiger charge is 2.25. The Morgan fingerprint density at radius 1 is 1.13 bits per heavy atom. The molecule has 2 aromatic carbocycles. The zero-order valence-corrected chi connectivity index (χ0v) is 24.2. The van der Waals surface area contributed by atoms with Crippen LogP contribution in [0.25, 0.3) is 0 Å². The Hall–Kier alpha value is -2.23. The summed E-state index contributed by atoms with van der Waals surface area (Å²) in [5, 5.41) is 10.7. The van der Waals surface area contributed by atoms with E-state index >= 15 is 0 Å². The average Bonchev–Trinajstić information content (AvgIpc) is 3.49. The number of thiocarbonyl (C=S) groups is 1. The van der Waals surface area contributed by atoms with Crippen molar-refractivity contribution in [2.24, 2.45) is 0 Å². The number of para-hydroxylation sites is 1. The van der Waals surface area contributed by atoms with Crippen molar-refractivity contribution in [3.63, 3.8) is 0 Å². The zero-order valence-electron chi connectivity index (χ0n) is 22.6. The van der Waals surface area contributed by atoms with Crippen LogP contribution in [0.4, 0.5) is 11.4 Å². The van der Waals surface area contributed by atoms with Crippen molar-refractivity contribution >= 4 is 46.1 Å². The molecule has 2 fully saturated rings. The van der Waals surface area contributed by atoms with E-state index in [0.717, 1.165) is 74.2 Å². The van der Waals surface area contributed by atoms with Gasteiger partial charge in [-0.2, -0.15) is 0 Å². The van der Waals surface area contributed by atoms with E-state index < -0.39 is 0 Å². The van der Waals surface area contributed by atoms with Crippen LogP contribution in [0, 0.1) is 0 Å². The summed E-state index contributed by atoms with van der Waals surface area (Å²) in [7, 11) is 1.92. The fourth-order valence-corrected chi connectivity index (χ4v) is 5.61. The van der Waals surface area contributed by atoms with Crippen LogP contribution < -0.4 is 25.8 Å². The van der Waals surface area contributed by atoms with Gasteiger partial charge in [-0.3, -0.25) is 4.79 Å². The van der Waals surface area contributed by atoms with Crippen LogP contribution in [-0.2, 0) is 6.54 Å². The van der Waals surface area contributed by atoms with Gasteiger partial charge in [0, 0.05) is 82.7 Å². The summed E-state index contributed by atoms with van der Waals surface area (Å²) >= 11 is 12.4. The van der Waals surface area contributed by atoms with Gasteiger partial charge in [-0.25, -0.2) is 0 Å². The first-order chi connectivity index (χ1) is 18.5. The molecule has 0 aliphatic carbocycles. The Morgan fingerprint density at radius 2 is 1.87 bits per heavy atom. The molecule has 4 rings (SSSR count). The third-order valence-electron chi connectivity index (χ3n) is 7.43. The van der Waals surface area contributed by atoms with Gasteiger partial charge in [0.1, 0.15) is 0 Å². The lowest BCUT2D eigenvalue weighted by atomic mass is 10.1. The summed E-state index contributed by atoms with van der Waals surface area (Å²) in [4.78, 5) is 21.4. The number of hydrogen-bond acceptors (Lipinski definition) is 6. The van der Waals surface area contributed by atoms with Gasteiger partial charge in [0.15, 0.2) is 0 Å². The molecule has 1 atom stereocenters. The molecule has 2 aliphatic rings. The minimum atomic E-state index is -0.0857. The average molecular weight is 557 g/mol. The second kappa shape index (κ2) is 14.2. The van der Waals surface area contributed by atoms with Gasteiger partial charge in [0.05, 0.1) is 15.6 Å². The monoisotopic (exact) mass is 556 g/mol. The van der Waals surface area contributed by atoms with Crippen LogP contribution >= 0.6 is 23.8 Å². The Morgan fingerprint density at radius 3 is 2.58 bits per heavy atom. The van der Waals surface area contributed by atoms with E-state index in [2.05, 4.69) is 38.7 Å². The molecule has 7 nitrogen and oxygen atoms in total. The minimum absolute atomic E-state index is 0.0857. The van der Waals surface area contributed by atoms with E-state index in [1.54, 1.807) is 0 Å². The number of likely N-dealkylation sites (N-methyl/N-ethyl adjacent to an activating group) is 1. The van der Waals surface area contributed by atoms with Crippen molar-refractivity contribution in [3.05, 3.63) is 58.6 Å². The number of amides is 1. The molecule has 38 heavy (non-hydrogen) atoms. The number of piperazine rings is 1. The summed E-state index contributed by atoms with van der Waals surface area (Å²) in [5.74, 6) is -0.0857. The van der Waals surface area contributed by atoms with E-state index in [1.165, 1.54) is 12.8 Å². The largest absolute Gasteiger partial charge is 0.371 e. The van der Waals surface area contributed by atoms with Gasteiger partial charge in [0.25, 0.3) is 5.91 Å². The highest BCUT2D eigenvalue weighted by atomic mass is 35.5. The second-order valence-corrected chi connectivity index (χ2v) is 11.0. The standard InChI is InChI=1S/C29H41ClN6OS/c1-22(31-2)21-36(29(37)25-10-9-24(19-26(25)30)34-15-5-6-16-34)27-8-4-3-7-23(27)20-33-12-11-28(38)35-17-13-32-14-18-35/h3-4,7-10,19,22,31-33H,5-6,11-18,20-21H2,1-2H3/t22-/m1/s1. The van der Waals surface area contributed by atoms with E-state index in [0.29, 0.717) is 23.7 Å². The summed E-state index contributed by atoms with van der Waals surface area (Å²) in [6.45, 7) is 10.1. The molecule has 1 amide bonds. The Balaban J connectivity index is 1.47. The SMILES string of the molecule is CN[C@H](C)CN(C(=O)c1ccc(N2CCCC2)cc1Cl)c1ccccc1CNCCC(=S)N1CCNCC1. The van der Waals surface area contributed by atoms with Crippen molar-refractivity contribution in [2.45, 2.75) is 38.8 Å². The van der Waals surface area contributed by atoms with Crippen LogP contribution in [0.2, 0.25) is 5.02 Å². The van der Waals surface area contributed by atoms with Crippen LogP contribution in [-0.4, -0.2) is 81.2 Å². The maximum Gasteiger partial charge on any atom is 0.259 e. The number of carbonyl (C=O) groups is 1. The van der Waals surface area contributed by atoms with Gasteiger partial charge in [0.2, 0.25) is 0 Å². The van der Waals surface area contributed by atoms with Crippen molar-refractivity contribution in [1.82, 2.24) is 20.9 Å². The molecular formula is C29H41ClN6OS. The fraction of sp³-hybridized carbons (Fsp3) is 0.517. The van der Waals surface area contributed by atoms with E-state index in [9.17, 15) is 4.79 Å². The van der Waals surface area contributed by atoms with E-state index in [1.807, 2.05) is 48.3 Å². The lowest BCUT2D eigenvalue weighted by Crippen LogP contribution is -2.46. The Labute approximate surface area is 237 Å². The van der Waals surface area contributed by atoms with Gasteiger partial charge in [-0.1, -0.05) is 42.0 Å². The minimum Gasteiger partial charge on any atom is -0.371 e. The number of nitrogens with one attached hydrogen (secondary N) is 3. The van der Waals surface area contributed by atoms with Crippen LogP contribution in [0.15, 0.2) is 42.5 Å². The summed E-state index contributed by atoms with van der Waals surface area (Å²) in [6, 6.07) is 14.1. The fourth-order valence-electron chi connectivity index (χ4n) is 5.07. The predicted molar refractivity (Wildman–Crippen MR) is 163 cm³/mol. The molecule has 3 N–H and O–H groups in total. The molecule has 2 saturated heterocycles. The highest BCUT2D eigenvalue weighted by Crippen LogP contribution is 2.29. The predicted octanol–water partition coefficient (Wildman–Crippen LogP) is 3.91. The summed E-state index contributed by atoms with van der Waals surface area (Å²) in [6.07, 6.45) is 3.22. The first-order valence-electron chi connectivity index (χ1n) is 13.8. The number of rotatable bonds is 11. The molecule has 0 aromatic heterocycles. The smallest absolute Gasteiger partial charge is 0.259 e. The van der Waals surface area contributed by atoms with Crippen molar-refractivity contribution in [2.75, 3.05) is 69.2 Å². The molecule has 206 valence electrons. The quantitative estimate of drug-likeness (QED) is 0.286. The van der Waals surface area contributed by atoms with Crippen LogP contribution in [0.3, 0.4) is 0 Å². The number of carbonyl (C=O) groups excluding carboxylic acids is 1. The van der Waals surface area contributed by atoms with Crippen LogP contribution in [0.1, 0.15) is 42.1 Å². The third kappa shape index (κ3) is 7.45. The maximum atomic E-state index is 13.9. The maximum absolute atomic E-state index is 13.9. The lowest BCUT2D eigenvalue weighted by molar-refractivity contribution is 0.0985. The number of halogens is 1. The molecule has 2 heterocycles. The topological polar surface area (TPSA) is 62.9 Å². The first kappa shape index (κ1) is 28.8. The highest BCUT2D eigenvalue weighted by molar-refractivity contribution is 7.80. The second-order valence-electron chi connectivity index (χ2n) is 10.2. The first-order valence-corrected chi connectivity index (χ1v) is 14.6.